The Bertz CT molecular complexity index is 784. The number of methoxy groups -OCH3 is 2. The third-order valence-corrected chi connectivity index (χ3v) is 5.24. The lowest BCUT2D eigenvalue weighted by Crippen LogP contribution is -2.59. The van der Waals surface area contributed by atoms with Crippen molar-refractivity contribution < 1.29 is 19.4 Å². The average molecular weight is 384 g/mol. The molecule has 0 unspecified atom stereocenters. The topological polar surface area (TPSA) is 71.0 Å². The van der Waals surface area contributed by atoms with Crippen molar-refractivity contribution in [1.29, 1.82) is 0 Å². The summed E-state index contributed by atoms with van der Waals surface area (Å²) in [6.07, 6.45) is 1.54. The smallest absolute Gasteiger partial charge is 0.219 e. The van der Waals surface area contributed by atoms with Crippen molar-refractivity contribution in [2.45, 2.75) is 31.8 Å². The third-order valence-electron chi connectivity index (χ3n) is 5.24. The molecule has 2 atom stereocenters. The van der Waals surface area contributed by atoms with Crippen LogP contribution in [-0.4, -0.2) is 55.3 Å². The molecule has 2 N–H and O–H groups in total. The van der Waals surface area contributed by atoms with E-state index in [-0.39, 0.29) is 23.7 Å². The van der Waals surface area contributed by atoms with Gasteiger partial charge in [0.2, 0.25) is 11.7 Å². The lowest BCUT2D eigenvalue weighted by Gasteiger charge is -2.40. The molecule has 1 saturated heterocycles. The van der Waals surface area contributed by atoms with E-state index in [2.05, 4.69) is 17.4 Å². The Morgan fingerprint density at radius 2 is 1.75 bits per heavy atom. The van der Waals surface area contributed by atoms with Crippen LogP contribution in [0.15, 0.2) is 42.5 Å². The molecular weight excluding hydrogens is 356 g/mol. The normalized spacial score (nSPS) is 19.3. The first-order valence-corrected chi connectivity index (χ1v) is 9.50. The Hall–Kier alpha value is -2.73. The van der Waals surface area contributed by atoms with Gasteiger partial charge < -0.3 is 24.8 Å². The van der Waals surface area contributed by atoms with Crippen LogP contribution < -0.4 is 14.8 Å². The SMILES string of the molecule is COc1cc(C[C@H]2CN(C(C)=O)[C@@H](Cc3ccccc3)CN2)cc(OC)c1O. The maximum Gasteiger partial charge on any atom is 0.219 e. The number of nitrogens with one attached hydrogen (secondary N) is 1. The zero-order valence-electron chi connectivity index (χ0n) is 16.6. The lowest BCUT2D eigenvalue weighted by molar-refractivity contribution is -0.132. The summed E-state index contributed by atoms with van der Waals surface area (Å²) in [5.74, 6) is 0.859. The number of benzene rings is 2. The van der Waals surface area contributed by atoms with Gasteiger partial charge in [-0.3, -0.25) is 4.79 Å². The largest absolute Gasteiger partial charge is 0.502 e. The highest BCUT2D eigenvalue weighted by atomic mass is 16.5. The first-order valence-electron chi connectivity index (χ1n) is 9.50. The van der Waals surface area contributed by atoms with Gasteiger partial charge in [-0.25, -0.2) is 0 Å². The molecule has 150 valence electrons. The quantitative estimate of drug-likeness (QED) is 0.800. The minimum Gasteiger partial charge on any atom is -0.502 e. The summed E-state index contributed by atoms with van der Waals surface area (Å²) in [6.45, 7) is 3.01. The highest BCUT2D eigenvalue weighted by Crippen LogP contribution is 2.37. The summed E-state index contributed by atoms with van der Waals surface area (Å²) in [5, 5.41) is 13.7. The van der Waals surface area contributed by atoms with Crippen LogP contribution in [0.4, 0.5) is 0 Å². The van der Waals surface area contributed by atoms with Crippen LogP contribution in [0.5, 0.6) is 17.2 Å². The molecule has 2 aromatic carbocycles. The van der Waals surface area contributed by atoms with Gasteiger partial charge in [0.05, 0.1) is 14.2 Å². The van der Waals surface area contributed by atoms with Crippen molar-refractivity contribution >= 4 is 5.91 Å². The summed E-state index contributed by atoms with van der Waals surface area (Å²) in [7, 11) is 3.03. The van der Waals surface area contributed by atoms with E-state index in [9.17, 15) is 9.90 Å². The summed E-state index contributed by atoms with van der Waals surface area (Å²) >= 11 is 0. The van der Waals surface area contributed by atoms with Crippen LogP contribution in [0.2, 0.25) is 0 Å². The maximum atomic E-state index is 12.3. The minimum atomic E-state index is -0.00126. The molecule has 1 aliphatic heterocycles. The van der Waals surface area contributed by atoms with Crippen LogP contribution in [0.25, 0.3) is 0 Å². The van der Waals surface area contributed by atoms with Crippen molar-refractivity contribution in [2.75, 3.05) is 27.3 Å². The second kappa shape index (κ2) is 8.97. The average Bonchev–Trinajstić information content (AvgIpc) is 2.70. The molecule has 1 fully saturated rings. The Balaban J connectivity index is 1.71. The van der Waals surface area contributed by atoms with Gasteiger partial charge in [0.15, 0.2) is 11.5 Å². The Morgan fingerprint density at radius 3 is 2.32 bits per heavy atom. The van der Waals surface area contributed by atoms with E-state index < -0.39 is 0 Å². The van der Waals surface area contributed by atoms with Gasteiger partial charge in [-0.2, -0.15) is 0 Å². The van der Waals surface area contributed by atoms with E-state index in [1.165, 1.54) is 19.8 Å². The van der Waals surface area contributed by atoms with Gasteiger partial charge in [-0.15, -0.1) is 0 Å². The molecule has 0 radical (unpaired) electrons. The van der Waals surface area contributed by atoms with Crippen LogP contribution in [0.3, 0.4) is 0 Å². The third kappa shape index (κ3) is 4.57. The number of hydrogen-bond acceptors (Lipinski definition) is 5. The molecule has 0 bridgehead atoms. The standard InChI is InChI=1S/C22H28N2O4/c1-15(25)24-14-18(23-13-19(24)10-16-7-5-4-6-8-16)9-17-11-20(27-2)22(26)21(12-17)28-3/h4-8,11-12,18-19,23,26H,9-10,13-14H2,1-3H3/t18-,19-/m0/s1. The van der Waals surface area contributed by atoms with Gasteiger partial charge in [-0.1, -0.05) is 30.3 Å². The lowest BCUT2D eigenvalue weighted by atomic mass is 9.97. The highest BCUT2D eigenvalue weighted by molar-refractivity contribution is 5.74. The van der Waals surface area contributed by atoms with E-state index in [1.54, 1.807) is 6.92 Å². The van der Waals surface area contributed by atoms with Crippen LogP contribution in [0, 0.1) is 0 Å². The molecule has 0 aliphatic carbocycles. The molecule has 0 saturated carbocycles. The minimum absolute atomic E-state index is 0.00126. The second-order valence-corrected chi connectivity index (χ2v) is 7.17. The molecule has 1 amide bonds. The highest BCUT2D eigenvalue weighted by Gasteiger charge is 2.30. The molecule has 2 aromatic rings. The molecule has 1 heterocycles. The zero-order chi connectivity index (χ0) is 20.1. The Morgan fingerprint density at radius 1 is 1.11 bits per heavy atom. The van der Waals surface area contributed by atoms with Crippen molar-refractivity contribution in [3.8, 4) is 17.2 Å². The summed E-state index contributed by atoms with van der Waals surface area (Å²) in [6, 6.07) is 14.1. The molecule has 6 nitrogen and oxygen atoms in total. The number of hydrogen-bond donors (Lipinski definition) is 2. The number of nitrogens with zero attached hydrogens (tertiary/aromatic N) is 1. The number of carbonyl (C=O) groups is 1. The van der Waals surface area contributed by atoms with Gasteiger partial charge in [0.25, 0.3) is 0 Å². The monoisotopic (exact) mass is 384 g/mol. The van der Waals surface area contributed by atoms with Gasteiger partial charge in [-0.05, 0) is 36.1 Å². The molecule has 0 aromatic heterocycles. The summed E-state index contributed by atoms with van der Waals surface area (Å²) < 4.78 is 10.5. The number of phenols is 1. The molecule has 0 spiro atoms. The molecule has 3 rings (SSSR count). The van der Waals surface area contributed by atoms with Crippen LogP contribution in [-0.2, 0) is 17.6 Å². The van der Waals surface area contributed by atoms with E-state index >= 15 is 0 Å². The van der Waals surface area contributed by atoms with Crippen LogP contribution >= 0.6 is 0 Å². The van der Waals surface area contributed by atoms with Crippen molar-refractivity contribution in [3.05, 3.63) is 53.6 Å². The number of ether oxygens (including phenoxy) is 2. The van der Waals surface area contributed by atoms with Gasteiger partial charge >= 0.3 is 0 Å². The number of carbonyl (C=O) groups excluding carboxylic acids is 1. The fraction of sp³-hybridized carbons (Fsp3) is 0.409. The molecule has 1 aliphatic rings. The van der Waals surface area contributed by atoms with Crippen LogP contribution in [0.1, 0.15) is 18.1 Å². The fourth-order valence-corrected chi connectivity index (χ4v) is 3.81. The van der Waals surface area contributed by atoms with Crippen molar-refractivity contribution in [2.24, 2.45) is 0 Å². The van der Waals surface area contributed by atoms with Crippen molar-refractivity contribution in [3.63, 3.8) is 0 Å². The molecular formula is C22H28N2O4. The molecule has 6 heteroatoms. The van der Waals surface area contributed by atoms with Crippen molar-refractivity contribution in [1.82, 2.24) is 10.2 Å². The number of phenolic OH excluding ortho intramolecular Hbond substituents is 1. The predicted molar refractivity (Wildman–Crippen MR) is 108 cm³/mol. The number of amides is 1. The summed E-state index contributed by atoms with van der Waals surface area (Å²) in [5.41, 5.74) is 2.21. The number of aromatic hydroxyl groups is 1. The van der Waals surface area contributed by atoms with Gasteiger partial charge in [0, 0.05) is 32.1 Å². The number of rotatable bonds is 6. The predicted octanol–water partition coefficient (Wildman–Crippen LogP) is 2.38. The fourth-order valence-electron chi connectivity index (χ4n) is 3.81. The zero-order valence-corrected chi connectivity index (χ0v) is 16.6. The Kier molecular flexibility index (Phi) is 6.41. The second-order valence-electron chi connectivity index (χ2n) is 7.17. The van der Waals surface area contributed by atoms with E-state index in [4.69, 9.17) is 9.47 Å². The van der Waals surface area contributed by atoms with E-state index in [0.29, 0.717) is 24.5 Å². The van der Waals surface area contributed by atoms with E-state index in [1.807, 2.05) is 35.2 Å². The summed E-state index contributed by atoms with van der Waals surface area (Å²) in [4.78, 5) is 14.2. The van der Waals surface area contributed by atoms with Gasteiger partial charge in [0.1, 0.15) is 0 Å². The first-order chi connectivity index (χ1) is 13.5. The molecule has 28 heavy (non-hydrogen) atoms. The maximum absolute atomic E-state index is 12.3. The van der Waals surface area contributed by atoms with E-state index in [0.717, 1.165) is 18.5 Å². The number of piperazine rings is 1. The first kappa shape index (κ1) is 20.0. The Labute approximate surface area is 166 Å².